The highest BCUT2D eigenvalue weighted by molar-refractivity contribution is 7.89. The molecule has 0 aromatic heterocycles. The number of rotatable bonds is 6. The van der Waals surface area contributed by atoms with Gasteiger partial charge in [-0.2, -0.15) is 4.31 Å². The lowest BCUT2D eigenvalue weighted by Crippen LogP contribution is -2.38. The normalized spacial score (nSPS) is 11.7. The van der Waals surface area contributed by atoms with E-state index >= 15 is 0 Å². The number of nitrogens with two attached hydrogens (primary N) is 1. The molecule has 21 heavy (non-hydrogen) atoms. The minimum absolute atomic E-state index is 0.0109. The third kappa shape index (κ3) is 4.23. The van der Waals surface area contributed by atoms with Crippen LogP contribution in [0, 0.1) is 0 Å². The molecule has 0 fully saturated rings. The molecule has 6 nitrogen and oxygen atoms in total. The Morgan fingerprint density at radius 1 is 1.38 bits per heavy atom. The first kappa shape index (κ1) is 18.0. The van der Waals surface area contributed by atoms with E-state index in [0.29, 0.717) is 6.54 Å². The fourth-order valence-corrected chi connectivity index (χ4v) is 3.39. The summed E-state index contributed by atoms with van der Waals surface area (Å²) >= 11 is 11.7. The smallest absolute Gasteiger partial charge is 0.244 e. The third-order valence-corrected chi connectivity index (χ3v) is 5.41. The lowest BCUT2D eigenvalue weighted by atomic mass is 10.3. The van der Waals surface area contributed by atoms with Crippen molar-refractivity contribution in [1.29, 1.82) is 0 Å². The number of nitrogens with zero attached hydrogens (tertiary/aromatic N) is 1. The van der Waals surface area contributed by atoms with Crippen LogP contribution in [-0.2, 0) is 14.8 Å². The fourth-order valence-electron chi connectivity index (χ4n) is 1.52. The zero-order chi connectivity index (χ0) is 16.2. The molecule has 0 aliphatic carbocycles. The molecule has 0 aliphatic heterocycles. The molecule has 118 valence electrons. The van der Waals surface area contributed by atoms with Crippen molar-refractivity contribution in [2.75, 3.05) is 25.9 Å². The zero-order valence-corrected chi connectivity index (χ0v) is 14.0. The SMILES string of the molecule is CCCNC(=O)CN(C)S(=O)(=O)c1ccc(Cl)c(N)c1Cl. The molecule has 0 bridgehead atoms. The van der Waals surface area contributed by atoms with Crippen molar-refractivity contribution in [2.45, 2.75) is 18.2 Å². The van der Waals surface area contributed by atoms with Crippen molar-refractivity contribution in [1.82, 2.24) is 9.62 Å². The van der Waals surface area contributed by atoms with E-state index in [1.807, 2.05) is 6.92 Å². The minimum Gasteiger partial charge on any atom is -0.396 e. The molecule has 1 aromatic carbocycles. The molecular formula is C12H17Cl2N3O3S. The van der Waals surface area contributed by atoms with Gasteiger partial charge in [-0.15, -0.1) is 0 Å². The molecule has 1 aromatic rings. The average Bonchev–Trinajstić information content (AvgIpc) is 2.42. The summed E-state index contributed by atoms with van der Waals surface area (Å²) in [6.45, 7) is 2.08. The number of hydrogen-bond acceptors (Lipinski definition) is 4. The quantitative estimate of drug-likeness (QED) is 0.761. The van der Waals surface area contributed by atoms with E-state index in [2.05, 4.69) is 5.32 Å². The number of amides is 1. The highest BCUT2D eigenvalue weighted by Gasteiger charge is 2.26. The number of nitrogens with one attached hydrogen (secondary N) is 1. The molecule has 1 rings (SSSR count). The van der Waals surface area contributed by atoms with Gasteiger partial charge < -0.3 is 11.1 Å². The van der Waals surface area contributed by atoms with Crippen LogP contribution in [0.3, 0.4) is 0 Å². The number of nitrogen functional groups attached to an aromatic ring is 1. The highest BCUT2D eigenvalue weighted by Crippen LogP contribution is 2.34. The molecule has 0 atom stereocenters. The van der Waals surface area contributed by atoms with E-state index in [1.165, 1.54) is 19.2 Å². The number of anilines is 1. The summed E-state index contributed by atoms with van der Waals surface area (Å²) in [5.74, 6) is -0.388. The second kappa shape index (κ2) is 7.31. The van der Waals surface area contributed by atoms with Crippen molar-refractivity contribution >= 4 is 44.8 Å². The van der Waals surface area contributed by atoms with Crippen molar-refractivity contribution < 1.29 is 13.2 Å². The van der Waals surface area contributed by atoms with Gasteiger partial charge in [0.15, 0.2) is 0 Å². The maximum Gasteiger partial charge on any atom is 0.244 e. The molecule has 0 radical (unpaired) electrons. The maximum absolute atomic E-state index is 12.4. The number of halogens is 2. The van der Waals surface area contributed by atoms with E-state index in [0.717, 1.165) is 10.7 Å². The Hall–Kier alpha value is -1.02. The van der Waals surface area contributed by atoms with Gasteiger partial charge in [0, 0.05) is 13.6 Å². The fraction of sp³-hybridized carbons (Fsp3) is 0.417. The lowest BCUT2D eigenvalue weighted by Gasteiger charge is -2.18. The Morgan fingerprint density at radius 3 is 2.57 bits per heavy atom. The summed E-state index contributed by atoms with van der Waals surface area (Å²) in [5, 5.41) is 2.62. The first-order chi connectivity index (χ1) is 9.71. The van der Waals surface area contributed by atoms with Crippen molar-refractivity contribution in [2.24, 2.45) is 0 Å². The molecule has 0 spiro atoms. The standard InChI is InChI=1S/C12H17Cl2N3O3S/c1-3-6-16-10(18)7-17(2)21(19,20)9-5-4-8(13)12(15)11(9)14/h4-5H,3,6-7,15H2,1-2H3,(H,16,18). The van der Waals surface area contributed by atoms with Gasteiger partial charge in [0.1, 0.15) is 4.90 Å². The van der Waals surface area contributed by atoms with Gasteiger partial charge in [0.05, 0.1) is 22.3 Å². The van der Waals surface area contributed by atoms with Crippen LogP contribution in [0.15, 0.2) is 17.0 Å². The van der Waals surface area contributed by atoms with Gasteiger partial charge in [-0.05, 0) is 18.6 Å². The number of carbonyl (C=O) groups is 1. The molecule has 3 N–H and O–H groups in total. The predicted octanol–water partition coefficient (Wildman–Crippen LogP) is 1.72. The van der Waals surface area contributed by atoms with Crippen molar-refractivity contribution in [3.63, 3.8) is 0 Å². The van der Waals surface area contributed by atoms with Crippen LogP contribution in [0.1, 0.15) is 13.3 Å². The van der Waals surface area contributed by atoms with Crippen molar-refractivity contribution in [3.05, 3.63) is 22.2 Å². The van der Waals surface area contributed by atoms with Crippen LogP contribution in [-0.4, -0.2) is 38.8 Å². The highest BCUT2D eigenvalue weighted by atomic mass is 35.5. The summed E-state index contributed by atoms with van der Waals surface area (Å²) in [5.41, 5.74) is 5.61. The second-order valence-corrected chi connectivity index (χ2v) is 7.18. The topological polar surface area (TPSA) is 92.5 Å². The van der Waals surface area contributed by atoms with E-state index in [9.17, 15) is 13.2 Å². The summed E-state index contributed by atoms with van der Waals surface area (Å²) in [7, 11) is -2.63. The molecule has 0 saturated carbocycles. The van der Waals surface area contributed by atoms with Gasteiger partial charge >= 0.3 is 0 Å². The molecule has 0 unspecified atom stereocenters. The maximum atomic E-state index is 12.4. The van der Waals surface area contributed by atoms with Crippen molar-refractivity contribution in [3.8, 4) is 0 Å². The van der Waals surface area contributed by atoms with Crippen LogP contribution >= 0.6 is 23.2 Å². The van der Waals surface area contributed by atoms with Crippen LogP contribution in [0.4, 0.5) is 5.69 Å². The van der Waals surface area contributed by atoms with E-state index in [4.69, 9.17) is 28.9 Å². The number of likely N-dealkylation sites (N-methyl/N-ethyl adjacent to an activating group) is 1. The molecular weight excluding hydrogens is 337 g/mol. The third-order valence-electron chi connectivity index (χ3n) is 2.72. The summed E-state index contributed by atoms with van der Waals surface area (Å²) in [6, 6.07) is 2.61. The van der Waals surface area contributed by atoms with E-state index < -0.39 is 10.0 Å². The van der Waals surface area contributed by atoms with E-state index in [-0.39, 0.29) is 33.1 Å². The first-order valence-electron chi connectivity index (χ1n) is 6.18. The van der Waals surface area contributed by atoms with Gasteiger partial charge in [0.25, 0.3) is 0 Å². The van der Waals surface area contributed by atoms with Gasteiger partial charge in [0.2, 0.25) is 15.9 Å². The molecule has 0 aliphatic rings. The molecule has 9 heteroatoms. The number of hydrogen-bond donors (Lipinski definition) is 2. The molecule has 0 saturated heterocycles. The Bertz CT molecular complexity index is 635. The Morgan fingerprint density at radius 2 is 2.00 bits per heavy atom. The Kier molecular flexibility index (Phi) is 6.27. The number of carbonyl (C=O) groups excluding carboxylic acids is 1. The lowest BCUT2D eigenvalue weighted by molar-refractivity contribution is -0.121. The van der Waals surface area contributed by atoms with Gasteiger partial charge in [-0.1, -0.05) is 30.1 Å². The first-order valence-corrected chi connectivity index (χ1v) is 8.38. The Labute approximate surface area is 134 Å². The predicted molar refractivity (Wildman–Crippen MR) is 84.0 cm³/mol. The molecule has 1 amide bonds. The number of sulfonamides is 1. The molecule has 0 heterocycles. The van der Waals surface area contributed by atoms with Gasteiger partial charge in [-0.25, -0.2) is 8.42 Å². The summed E-state index contributed by atoms with van der Waals surface area (Å²) in [6.07, 6.45) is 0.766. The monoisotopic (exact) mass is 353 g/mol. The van der Waals surface area contributed by atoms with Gasteiger partial charge in [-0.3, -0.25) is 4.79 Å². The van der Waals surface area contributed by atoms with E-state index in [1.54, 1.807) is 0 Å². The largest absolute Gasteiger partial charge is 0.396 e. The average molecular weight is 354 g/mol. The second-order valence-electron chi connectivity index (χ2n) is 4.38. The summed E-state index contributed by atoms with van der Waals surface area (Å²) in [4.78, 5) is 11.4. The number of benzene rings is 1. The zero-order valence-electron chi connectivity index (χ0n) is 11.7. The van der Waals surface area contributed by atoms with Crippen LogP contribution in [0.5, 0.6) is 0 Å². The van der Waals surface area contributed by atoms with Crippen LogP contribution in [0.25, 0.3) is 0 Å². The minimum atomic E-state index is -3.93. The summed E-state index contributed by atoms with van der Waals surface area (Å²) < 4.78 is 25.7. The Balaban J connectivity index is 3.01. The van der Waals surface area contributed by atoms with Crippen LogP contribution < -0.4 is 11.1 Å². The van der Waals surface area contributed by atoms with Crippen LogP contribution in [0.2, 0.25) is 10.0 Å².